The normalized spacial score (nSPS) is 12.1. The minimum Gasteiger partial charge on any atom is -0.309 e. The summed E-state index contributed by atoms with van der Waals surface area (Å²) in [5, 5.41) is 12.4. The summed E-state index contributed by atoms with van der Waals surface area (Å²) in [6.07, 6.45) is 0. The van der Waals surface area contributed by atoms with Crippen LogP contribution in [0.1, 0.15) is 0 Å². The highest BCUT2D eigenvalue weighted by molar-refractivity contribution is 7.26. The van der Waals surface area contributed by atoms with Crippen LogP contribution in [-0.2, 0) is 0 Å². The van der Waals surface area contributed by atoms with Gasteiger partial charge in [0.2, 0.25) is 5.95 Å². The Kier molecular flexibility index (Phi) is 6.85. The molecule has 0 bridgehead atoms. The lowest BCUT2D eigenvalue weighted by atomic mass is 10.00. The molecule has 0 radical (unpaired) electrons. The number of hydrogen-bond donors (Lipinski definition) is 0. The van der Waals surface area contributed by atoms with Gasteiger partial charge in [0.1, 0.15) is 0 Å². The molecule has 0 unspecified atom stereocenters. The summed E-state index contributed by atoms with van der Waals surface area (Å²) in [6, 6.07) is 70.0. The molecule has 0 saturated carbocycles. The van der Waals surface area contributed by atoms with E-state index < -0.39 is 0 Å². The predicted molar refractivity (Wildman–Crippen MR) is 249 cm³/mol. The van der Waals surface area contributed by atoms with Gasteiger partial charge in [-0.15, -0.1) is 11.3 Å². The number of rotatable bonds is 4. The maximum absolute atomic E-state index is 5.29. The third kappa shape index (κ3) is 4.83. The first kappa shape index (κ1) is 32.5. The second-order valence-electron chi connectivity index (χ2n) is 15.4. The lowest BCUT2D eigenvalue weighted by Gasteiger charge is -2.14. The van der Waals surface area contributed by atoms with Gasteiger partial charge in [-0.1, -0.05) is 146 Å². The second kappa shape index (κ2) is 12.4. The molecule has 274 valence electrons. The van der Waals surface area contributed by atoms with E-state index in [-0.39, 0.29) is 0 Å². The first-order valence-electron chi connectivity index (χ1n) is 20.0. The Balaban J connectivity index is 1.08. The SMILES string of the molecule is c1ccc(-c2cc(-c3ccccc3)nc(-n3c4ccccc4c4cc5c(cc43)sc3cc4c(cc35)c3ccccc3n4-c3cc4ccccc4c4ccccc34)n2)cc1. The number of para-hydroxylation sites is 2. The molecule has 4 heterocycles. The van der Waals surface area contributed by atoms with Crippen LogP contribution in [0.15, 0.2) is 194 Å². The van der Waals surface area contributed by atoms with Gasteiger partial charge >= 0.3 is 0 Å². The van der Waals surface area contributed by atoms with Crippen molar-refractivity contribution in [2.45, 2.75) is 0 Å². The Morgan fingerprint density at radius 1 is 0.322 bits per heavy atom. The number of aromatic nitrogens is 4. The topological polar surface area (TPSA) is 35.6 Å². The number of hydrogen-bond acceptors (Lipinski definition) is 3. The molecule has 4 aromatic heterocycles. The highest BCUT2D eigenvalue weighted by Gasteiger charge is 2.21. The van der Waals surface area contributed by atoms with Crippen molar-refractivity contribution in [1.29, 1.82) is 0 Å². The van der Waals surface area contributed by atoms with Gasteiger partial charge in [0.25, 0.3) is 0 Å². The van der Waals surface area contributed by atoms with E-state index in [2.05, 4.69) is 191 Å². The zero-order chi connectivity index (χ0) is 38.6. The Labute approximate surface area is 342 Å². The van der Waals surface area contributed by atoms with E-state index >= 15 is 0 Å². The van der Waals surface area contributed by atoms with Crippen LogP contribution in [0, 0.1) is 0 Å². The van der Waals surface area contributed by atoms with Crippen LogP contribution in [0.2, 0.25) is 0 Å². The molecule has 5 heteroatoms. The van der Waals surface area contributed by atoms with Crippen LogP contribution >= 0.6 is 11.3 Å². The van der Waals surface area contributed by atoms with Crippen LogP contribution < -0.4 is 0 Å². The van der Waals surface area contributed by atoms with Crippen molar-refractivity contribution in [3.05, 3.63) is 194 Å². The summed E-state index contributed by atoms with van der Waals surface area (Å²) in [4.78, 5) is 10.6. The molecule has 0 saturated heterocycles. The standard InChI is InChI=1S/C54H32N4S/c1-3-15-33(16-4-1)45-30-46(34-17-5-2-6-18-34)56-54(55-45)58-48-26-14-12-24-40(48)42-29-44-43-28-41-39-23-11-13-25-47(39)57(50(41)31-52(43)59-53(44)32-51(42)58)49-27-35-19-7-8-20-36(35)37-21-9-10-22-38(37)49/h1-32H. The van der Waals surface area contributed by atoms with Gasteiger partial charge in [0.15, 0.2) is 0 Å². The highest BCUT2D eigenvalue weighted by Crippen LogP contribution is 2.45. The fourth-order valence-corrected chi connectivity index (χ4v) is 10.6. The highest BCUT2D eigenvalue weighted by atomic mass is 32.1. The third-order valence-electron chi connectivity index (χ3n) is 12.1. The predicted octanol–water partition coefficient (Wildman–Crippen LogP) is 14.7. The van der Waals surface area contributed by atoms with Crippen LogP contribution in [-0.4, -0.2) is 19.1 Å². The van der Waals surface area contributed by atoms with E-state index in [1.165, 1.54) is 80.0 Å². The van der Waals surface area contributed by atoms with Gasteiger partial charge in [-0.2, -0.15) is 0 Å². The van der Waals surface area contributed by atoms with Crippen molar-refractivity contribution in [3.8, 4) is 34.2 Å². The minimum absolute atomic E-state index is 0.658. The maximum atomic E-state index is 5.29. The fourth-order valence-electron chi connectivity index (χ4n) is 9.44. The molecule has 13 rings (SSSR count). The minimum atomic E-state index is 0.658. The van der Waals surface area contributed by atoms with Gasteiger partial charge in [-0.3, -0.25) is 4.57 Å². The molecule has 9 aromatic carbocycles. The van der Waals surface area contributed by atoms with Gasteiger partial charge in [-0.25, -0.2) is 9.97 Å². The lowest BCUT2D eigenvalue weighted by molar-refractivity contribution is 0.996. The number of nitrogens with zero attached hydrogens (tertiary/aromatic N) is 4. The molecule has 0 amide bonds. The van der Waals surface area contributed by atoms with Crippen molar-refractivity contribution < 1.29 is 0 Å². The molecule has 13 aromatic rings. The molecular formula is C54H32N4S. The summed E-state index contributed by atoms with van der Waals surface area (Å²) in [6.45, 7) is 0. The summed E-state index contributed by atoms with van der Waals surface area (Å²) < 4.78 is 7.25. The summed E-state index contributed by atoms with van der Waals surface area (Å²) >= 11 is 1.86. The van der Waals surface area contributed by atoms with E-state index in [0.717, 1.165) is 33.5 Å². The van der Waals surface area contributed by atoms with Crippen molar-refractivity contribution >= 4 is 96.7 Å². The van der Waals surface area contributed by atoms with E-state index in [4.69, 9.17) is 9.97 Å². The smallest absolute Gasteiger partial charge is 0.235 e. The molecule has 0 fully saturated rings. The van der Waals surface area contributed by atoms with Crippen molar-refractivity contribution in [1.82, 2.24) is 19.1 Å². The summed E-state index contributed by atoms with van der Waals surface area (Å²) in [5.41, 5.74) is 9.70. The number of thiophene rings is 1. The monoisotopic (exact) mass is 768 g/mol. The summed E-state index contributed by atoms with van der Waals surface area (Å²) in [7, 11) is 0. The van der Waals surface area contributed by atoms with Crippen molar-refractivity contribution in [2.75, 3.05) is 0 Å². The van der Waals surface area contributed by atoms with Gasteiger partial charge in [0, 0.05) is 58.2 Å². The van der Waals surface area contributed by atoms with E-state index in [1.54, 1.807) is 0 Å². The molecule has 0 aliphatic carbocycles. The fraction of sp³-hybridized carbons (Fsp3) is 0. The molecule has 0 aliphatic heterocycles. The number of benzene rings is 9. The lowest BCUT2D eigenvalue weighted by Crippen LogP contribution is -2.03. The average Bonchev–Trinajstić information content (AvgIpc) is 3.94. The first-order valence-corrected chi connectivity index (χ1v) is 20.8. The van der Waals surface area contributed by atoms with Crippen LogP contribution in [0.3, 0.4) is 0 Å². The first-order chi connectivity index (χ1) is 29.2. The van der Waals surface area contributed by atoms with Gasteiger partial charge in [0.05, 0.1) is 39.1 Å². The molecule has 0 spiro atoms. The Bertz CT molecular complexity index is 3780. The average molecular weight is 769 g/mol. The van der Waals surface area contributed by atoms with Crippen LogP contribution in [0.25, 0.3) is 119 Å². The Morgan fingerprint density at radius 3 is 1.41 bits per heavy atom. The van der Waals surface area contributed by atoms with E-state index in [9.17, 15) is 0 Å². The van der Waals surface area contributed by atoms with Gasteiger partial charge in [-0.05, 0) is 64.7 Å². The second-order valence-corrected chi connectivity index (χ2v) is 16.5. The molecule has 0 aliphatic rings. The third-order valence-corrected chi connectivity index (χ3v) is 13.2. The zero-order valence-corrected chi connectivity index (χ0v) is 32.5. The molecular weight excluding hydrogens is 737 g/mol. The van der Waals surface area contributed by atoms with Crippen LogP contribution in [0.5, 0.6) is 0 Å². The zero-order valence-electron chi connectivity index (χ0n) is 31.7. The summed E-state index contributed by atoms with van der Waals surface area (Å²) in [5.74, 6) is 0.658. The van der Waals surface area contributed by atoms with E-state index in [0.29, 0.717) is 5.95 Å². The maximum Gasteiger partial charge on any atom is 0.235 e. The molecule has 0 atom stereocenters. The Hall–Kier alpha value is -7.60. The quantitative estimate of drug-likeness (QED) is 0.167. The largest absolute Gasteiger partial charge is 0.309 e. The molecule has 4 nitrogen and oxygen atoms in total. The molecule has 59 heavy (non-hydrogen) atoms. The molecule has 0 N–H and O–H groups in total. The van der Waals surface area contributed by atoms with Crippen molar-refractivity contribution in [2.24, 2.45) is 0 Å². The number of fused-ring (bicyclic) bond motifs is 12. The van der Waals surface area contributed by atoms with Crippen LogP contribution in [0.4, 0.5) is 0 Å². The van der Waals surface area contributed by atoms with E-state index in [1.807, 2.05) is 23.5 Å². The van der Waals surface area contributed by atoms with Gasteiger partial charge < -0.3 is 4.57 Å². The Morgan fingerprint density at radius 2 is 0.797 bits per heavy atom. The van der Waals surface area contributed by atoms with Crippen molar-refractivity contribution in [3.63, 3.8) is 0 Å².